The van der Waals surface area contributed by atoms with Crippen molar-refractivity contribution in [1.29, 1.82) is 0 Å². The van der Waals surface area contributed by atoms with Gasteiger partial charge in [-0.3, -0.25) is 4.79 Å². The molecule has 0 saturated heterocycles. The number of amides is 1. The molecular weight excluding hydrogens is 391 g/mol. The van der Waals surface area contributed by atoms with E-state index in [0.717, 1.165) is 16.1 Å². The number of aryl methyl sites for hydroxylation is 1. The van der Waals surface area contributed by atoms with Crippen LogP contribution >= 0.6 is 35.0 Å². The molecule has 3 aromatic rings. The van der Waals surface area contributed by atoms with Crippen LogP contribution in [0.15, 0.2) is 51.9 Å². The fourth-order valence-corrected chi connectivity index (χ4v) is 4.98. The van der Waals surface area contributed by atoms with Crippen LogP contribution in [-0.2, 0) is 4.79 Å². The minimum absolute atomic E-state index is 0.0516. The zero-order chi connectivity index (χ0) is 18.3. The first kappa shape index (κ1) is 17.5. The summed E-state index contributed by atoms with van der Waals surface area (Å²) in [5, 5.41) is 7.99. The monoisotopic (exact) mass is 404 g/mol. The zero-order valence-electron chi connectivity index (χ0n) is 13.8. The lowest BCUT2D eigenvalue weighted by molar-refractivity contribution is -0.116. The number of benzene rings is 2. The highest BCUT2D eigenvalue weighted by molar-refractivity contribution is 7.99. The standard InChI is InChI=1S/C19H14Cl2N2O2S/c1-10-17(19(23-25-10)18-11(20)5-4-6-12(18)21)15-9-16(24)22-13-7-2-3-8-14(13)26-15/h2-8,15H,9H2,1H3,(H,22,24). The average Bonchev–Trinajstić information content (AvgIpc) is 2.88. The first-order valence-electron chi connectivity index (χ1n) is 8.00. The lowest BCUT2D eigenvalue weighted by Gasteiger charge is -2.15. The van der Waals surface area contributed by atoms with E-state index in [1.54, 1.807) is 30.0 Å². The van der Waals surface area contributed by atoms with E-state index in [2.05, 4.69) is 10.5 Å². The number of anilines is 1. The minimum atomic E-state index is -0.160. The van der Waals surface area contributed by atoms with Crippen LogP contribution in [-0.4, -0.2) is 11.1 Å². The largest absolute Gasteiger partial charge is 0.361 e. The van der Waals surface area contributed by atoms with Crippen LogP contribution in [0.25, 0.3) is 11.3 Å². The molecule has 1 aliphatic rings. The summed E-state index contributed by atoms with van der Waals surface area (Å²) >= 11 is 14.4. The van der Waals surface area contributed by atoms with E-state index < -0.39 is 0 Å². The highest BCUT2D eigenvalue weighted by Gasteiger charge is 2.31. The molecule has 26 heavy (non-hydrogen) atoms. The van der Waals surface area contributed by atoms with Gasteiger partial charge in [0.15, 0.2) is 0 Å². The molecule has 1 aromatic heterocycles. The second kappa shape index (κ2) is 6.99. The van der Waals surface area contributed by atoms with Gasteiger partial charge in [0.05, 0.1) is 15.7 Å². The van der Waals surface area contributed by atoms with Crippen LogP contribution < -0.4 is 5.32 Å². The molecule has 0 radical (unpaired) electrons. The van der Waals surface area contributed by atoms with Crippen LogP contribution in [0.2, 0.25) is 10.0 Å². The van der Waals surface area contributed by atoms with Crippen molar-refractivity contribution in [2.24, 2.45) is 0 Å². The number of nitrogens with zero attached hydrogens (tertiary/aromatic N) is 1. The summed E-state index contributed by atoms with van der Waals surface area (Å²) < 4.78 is 5.46. The van der Waals surface area contributed by atoms with Crippen LogP contribution in [0.5, 0.6) is 0 Å². The number of aromatic nitrogens is 1. The Morgan fingerprint density at radius 1 is 1.15 bits per heavy atom. The Bertz CT molecular complexity index is 983. The molecule has 0 aliphatic carbocycles. The molecule has 1 aliphatic heterocycles. The van der Waals surface area contributed by atoms with Crippen molar-refractivity contribution in [3.8, 4) is 11.3 Å². The van der Waals surface area contributed by atoms with Crippen LogP contribution in [0.1, 0.15) is 23.0 Å². The highest BCUT2D eigenvalue weighted by atomic mass is 35.5. The van der Waals surface area contributed by atoms with E-state index in [1.807, 2.05) is 31.2 Å². The molecule has 132 valence electrons. The second-order valence-electron chi connectivity index (χ2n) is 5.95. The molecule has 0 spiro atoms. The molecule has 0 saturated carbocycles. The predicted octanol–water partition coefficient (Wildman–Crippen LogP) is 6.13. The zero-order valence-corrected chi connectivity index (χ0v) is 16.1. The van der Waals surface area contributed by atoms with Crippen LogP contribution in [0.4, 0.5) is 5.69 Å². The first-order chi connectivity index (χ1) is 12.5. The Labute approximate surface area is 164 Å². The van der Waals surface area contributed by atoms with Gasteiger partial charge in [-0.1, -0.05) is 46.6 Å². The van der Waals surface area contributed by atoms with E-state index in [4.69, 9.17) is 27.7 Å². The summed E-state index contributed by atoms with van der Waals surface area (Å²) in [7, 11) is 0. The van der Waals surface area contributed by atoms with Gasteiger partial charge in [0.2, 0.25) is 5.91 Å². The van der Waals surface area contributed by atoms with Crippen molar-refractivity contribution in [1.82, 2.24) is 5.16 Å². The van der Waals surface area contributed by atoms with Gasteiger partial charge in [0.25, 0.3) is 0 Å². The fraction of sp³-hybridized carbons (Fsp3) is 0.158. The number of hydrogen-bond acceptors (Lipinski definition) is 4. The Balaban J connectivity index is 1.84. The summed E-state index contributed by atoms with van der Waals surface area (Å²) in [4.78, 5) is 13.4. The number of halogens is 2. The lowest BCUT2D eigenvalue weighted by Crippen LogP contribution is -2.12. The molecule has 2 aromatic carbocycles. The van der Waals surface area contributed by atoms with Crippen molar-refractivity contribution in [3.63, 3.8) is 0 Å². The smallest absolute Gasteiger partial charge is 0.225 e. The Morgan fingerprint density at radius 2 is 1.88 bits per heavy atom. The van der Waals surface area contributed by atoms with Crippen molar-refractivity contribution >= 4 is 46.6 Å². The third-order valence-electron chi connectivity index (χ3n) is 4.23. The number of thioether (sulfide) groups is 1. The van der Waals surface area contributed by atoms with Gasteiger partial charge in [-0.2, -0.15) is 0 Å². The topological polar surface area (TPSA) is 55.1 Å². The van der Waals surface area contributed by atoms with Gasteiger partial charge in [-0.05, 0) is 31.2 Å². The first-order valence-corrected chi connectivity index (χ1v) is 9.64. The number of rotatable bonds is 2. The predicted molar refractivity (Wildman–Crippen MR) is 105 cm³/mol. The second-order valence-corrected chi connectivity index (χ2v) is 8.01. The molecule has 7 heteroatoms. The molecule has 4 rings (SSSR count). The maximum absolute atomic E-state index is 12.4. The number of hydrogen-bond donors (Lipinski definition) is 1. The van der Waals surface area contributed by atoms with E-state index in [-0.39, 0.29) is 11.2 Å². The van der Waals surface area contributed by atoms with Gasteiger partial charge in [0, 0.05) is 27.7 Å². The molecule has 1 N–H and O–H groups in total. The number of carbonyl (C=O) groups is 1. The number of carbonyl (C=O) groups excluding carboxylic acids is 1. The van der Waals surface area contributed by atoms with Gasteiger partial charge in [0.1, 0.15) is 11.5 Å². The van der Waals surface area contributed by atoms with Gasteiger partial charge in [-0.25, -0.2) is 0 Å². The molecule has 0 bridgehead atoms. The highest BCUT2D eigenvalue weighted by Crippen LogP contribution is 2.48. The van der Waals surface area contributed by atoms with E-state index >= 15 is 0 Å². The fourth-order valence-electron chi connectivity index (χ4n) is 3.06. The molecule has 1 unspecified atom stereocenters. The van der Waals surface area contributed by atoms with E-state index in [9.17, 15) is 4.79 Å². The summed E-state index contributed by atoms with van der Waals surface area (Å²) in [6, 6.07) is 13.0. The molecule has 1 amide bonds. The van der Waals surface area contributed by atoms with Gasteiger partial charge >= 0.3 is 0 Å². The number of fused-ring (bicyclic) bond motifs is 1. The molecule has 4 nitrogen and oxygen atoms in total. The maximum atomic E-state index is 12.4. The summed E-state index contributed by atoms with van der Waals surface area (Å²) in [6.07, 6.45) is 0.302. The lowest BCUT2D eigenvalue weighted by atomic mass is 10.0. The molecule has 2 heterocycles. The van der Waals surface area contributed by atoms with Crippen LogP contribution in [0, 0.1) is 6.92 Å². The maximum Gasteiger partial charge on any atom is 0.225 e. The molecular formula is C19H14Cl2N2O2S. The van der Waals surface area contributed by atoms with E-state index in [1.165, 1.54) is 0 Å². The Kier molecular flexibility index (Phi) is 4.69. The van der Waals surface area contributed by atoms with Crippen molar-refractivity contribution in [3.05, 3.63) is 63.8 Å². The summed E-state index contributed by atoms with van der Waals surface area (Å²) in [6.45, 7) is 1.84. The van der Waals surface area contributed by atoms with Crippen molar-refractivity contribution < 1.29 is 9.32 Å². The minimum Gasteiger partial charge on any atom is -0.361 e. The van der Waals surface area contributed by atoms with Crippen LogP contribution in [0.3, 0.4) is 0 Å². The number of nitrogens with one attached hydrogen (secondary N) is 1. The Hall–Kier alpha value is -1.95. The number of para-hydroxylation sites is 1. The summed E-state index contributed by atoms with van der Waals surface area (Å²) in [5.41, 5.74) is 2.87. The van der Waals surface area contributed by atoms with Gasteiger partial charge in [-0.15, -0.1) is 11.8 Å². The molecule has 0 fully saturated rings. The molecule has 1 atom stereocenters. The average molecular weight is 405 g/mol. The Morgan fingerprint density at radius 3 is 2.65 bits per heavy atom. The SMILES string of the molecule is Cc1onc(-c2c(Cl)cccc2Cl)c1C1CC(=O)Nc2ccccc2S1. The van der Waals surface area contributed by atoms with Crippen molar-refractivity contribution in [2.45, 2.75) is 23.5 Å². The quantitative estimate of drug-likeness (QED) is 0.557. The van der Waals surface area contributed by atoms with Crippen molar-refractivity contribution in [2.75, 3.05) is 5.32 Å². The summed E-state index contributed by atoms with van der Waals surface area (Å²) in [5.74, 6) is 0.602. The van der Waals surface area contributed by atoms with Gasteiger partial charge < -0.3 is 9.84 Å². The van der Waals surface area contributed by atoms with E-state index in [0.29, 0.717) is 33.5 Å². The third-order valence-corrected chi connectivity index (χ3v) is 6.16. The third kappa shape index (κ3) is 3.11. The normalized spacial score (nSPS) is 16.7.